The molecular formula is C13H15FN2O3. The van der Waals surface area contributed by atoms with Crippen molar-refractivity contribution >= 4 is 17.6 Å². The van der Waals surface area contributed by atoms with Gasteiger partial charge in [-0.25, -0.2) is 9.18 Å². The first-order valence-electron chi connectivity index (χ1n) is 6.09. The molecule has 1 aromatic rings. The first-order chi connectivity index (χ1) is 9.06. The van der Waals surface area contributed by atoms with Crippen LogP contribution < -0.4 is 10.6 Å². The number of aromatic carboxylic acids is 1. The normalized spacial score (nSPS) is 14.2. The van der Waals surface area contributed by atoms with Crippen LogP contribution in [0.2, 0.25) is 0 Å². The van der Waals surface area contributed by atoms with E-state index < -0.39 is 11.8 Å². The number of hydrogen-bond acceptors (Lipinski definition) is 3. The summed E-state index contributed by atoms with van der Waals surface area (Å²) in [4.78, 5) is 22.5. The molecule has 0 aliphatic heterocycles. The Bertz CT molecular complexity index is 501. The highest BCUT2D eigenvalue weighted by atomic mass is 19.1. The summed E-state index contributed by atoms with van der Waals surface area (Å²) in [7, 11) is 0. The van der Waals surface area contributed by atoms with Gasteiger partial charge < -0.3 is 15.7 Å². The largest absolute Gasteiger partial charge is 0.478 e. The number of nitrogens with one attached hydrogen (secondary N) is 2. The Balaban J connectivity index is 1.93. The summed E-state index contributed by atoms with van der Waals surface area (Å²) in [6.45, 7) is 0.912. The zero-order valence-corrected chi connectivity index (χ0v) is 10.3. The van der Waals surface area contributed by atoms with Crippen molar-refractivity contribution in [3.63, 3.8) is 0 Å². The molecule has 1 fully saturated rings. The molecule has 1 aliphatic rings. The average molecular weight is 266 g/mol. The second-order valence-electron chi connectivity index (χ2n) is 4.62. The molecule has 1 saturated carbocycles. The Kier molecular flexibility index (Phi) is 4.11. The zero-order chi connectivity index (χ0) is 13.8. The summed E-state index contributed by atoms with van der Waals surface area (Å²) in [6.07, 6.45) is 2.38. The van der Waals surface area contributed by atoms with Crippen LogP contribution in [0.25, 0.3) is 0 Å². The van der Waals surface area contributed by atoms with Gasteiger partial charge >= 0.3 is 5.97 Å². The highest BCUT2D eigenvalue weighted by molar-refractivity contribution is 6.01. The third kappa shape index (κ3) is 4.03. The monoisotopic (exact) mass is 266 g/mol. The molecule has 0 bridgehead atoms. The van der Waals surface area contributed by atoms with E-state index in [1.54, 1.807) is 0 Å². The molecule has 0 heterocycles. The minimum absolute atomic E-state index is 0.104. The molecule has 19 heavy (non-hydrogen) atoms. The van der Waals surface area contributed by atoms with Crippen LogP contribution in [0.3, 0.4) is 0 Å². The molecule has 1 aromatic carbocycles. The lowest BCUT2D eigenvalue weighted by Gasteiger charge is -2.09. The van der Waals surface area contributed by atoms with E-state index >= 15 is 0 Å². The van der Waals surface area contributed by atoms with Crippen molar-refractivity contribution < 1.29 is 19.1 Å². The van der Waals surface area contributed by atoms with Crippen LogP contribution >= 0.6 is 0 Å². The molecule has 0 aromatic heterocycles. The topological polar surface area (TPSA) is 78.4 Å². The van der Waals surface area contributed by atoms with Gasteiger partial charge in [-0.2, -0.15) is 0 Å². The number of halogens is 1. The lowest BCUT2D eigenvalue weighted by Crippen LogP contribution is -2.30. The lowest BCUT2D eigenvalue weighted by atomic mass is 10.1. The second kappa shape index (κ2) is 5.79. The number of amides is 1. The SMILES string of the molecule is O=C(CNCC1CC1)Nc1ccc(F)cc1C(=O)O. The molecule has 1 aliphatic carbocycles. The van der Waals surface area contributed by atoms with Crippen molar-refractivity contribution in [3.05, 3.63) is 29.6 Å². The van der Waals surface area contributed by atoms with Gasteiger partial charge in [0, 0.05) is 0 Å². The van der Waals surface area contributed by atoms with Crippen LogP contribution in [0, 0.1) is 11.7 Å². The Labute approximate surface area is 109 Å². The molecule has 0 unspecified atom stereocenters. The molecule has 5 nitrogen and oxygen atoms in total. The van der Waals surface area contributed by atoms with Crippen molar-refractivity contribution in [2.45, 2.75) is 12.8 Å². The number of carboxylic acids is 1. The summed E-state index contributed by atoms with van der Waals surface area (Å²) in [5.74, 6) is -1.61. The van der Waals surface area contributed by atoms with E-state index in [4.69, 9.17) is 5.11 Å². The lowest BCUT2D eigenvalue weighted by molar-refractivity contribution is -0.115. The number of benzene rings is 1. The molecule has 102 valence electrons. The van der Waals surface area contributed by atoms with Crippen LogP contribution in [0.1, 0.15) is 23.2 Å². The van der Waals surface area contributed by atoms with E-state index in [9.17, 15) is 14.0 Å². The molecule has 0 spiro atoms. The molecule has 3 N–H and O–H groups in total. The van der Waals surface area contributed by atoms with E-state index in [2.05, 4.69) is 10.6 Å². The quantitative estimate of drug-likeness (QED) is 0.728. The molecular weight excluding hydrogens is 251 g/mol. The zero-order valence-electron chi connectivity index (χ0n) is 10.3. The third-order valence-electron chi connectivity index (χ3n) is 2.90. The van der Waals surface area contributed by atoms with Crippen LogP contribution in [0.4, 0.5) is 10.1 Å². The Hall–Kier alpha value is -1.95. The van der Waals surface area contributed by atoms with Gasteiger partial charge in [0.2, 0.25) is 5.91 Å². The minimum atomic E-state index is -1.28. The van der Waals surface area contributed by atoms with Crippen LogP contribution in [0.15, 0.2) is 18.2 Å². The Morgan fingerprint density at radius 3 is 2.74 bits per heavy atom. The standard InChI is InChI=1S/C13H15FN2O3/c14-9-3-4-11(10(5-9)13(18)19)16-12(17)7-15-6-8-1-2-8/h3-5,8,15H,1-2,6-7H2,(H,16,17)(H,18,19). The van der Waals surface area contributed by atoms with E-state index in [1.165, 1.54) is 18.9 Å². The van der Waals surface area contributed by atoms with E-state index in [0.717, 1.165) is 18.7 Å². The predicted octanol–water partition coefficient (Wildman–Crippen LogP) is 1.46. The maximum atomic E-state index is 13.0. The average Bonchev–Trinajstić information content (AvgIpc) is 3.15. The van der Waals surface area contributed by atoms with Gasteiger partial charge in [0.1, 0.15) is 5.82 Å². The first-order valence-corrected chi connectivity index (χ1v) is 6.09. The fraction of sp³-hybridized carbons (Fsp3) is 0.385. The van der Waals surface area contributed by atoms with Crippen molar-refractivity contribution in [1.82, 2.24) is 5.32 Å². The maximum absolute atomic E-state index is 13.0. The van der Waals surface area contributed by atoms with Crippen LogP contribution in [-0.2, 0) is 4.79 Å². The molecule has 0 atom stereocenters. The van der Waals surface area contributed by atoms with E-state index in [1.807, 2.05) is 0 Å². The fourth-order valence-electron chi connectivity index (χ4n) is 1.71. The van der Waals surface area contributed by atoms with Gasteiger partial charge in [0.15, 0.2) is 0 Å². The Morgan fingerprint density at radius 1 is 1.37 bits per heavy atom. The number of carboxylic acid groups (broad SMARTS) is 1. The third-order valence-corrected chi connectivity index (χ3v) is 2.90. The van der Waals surface area contributed by atoms with Gasteiger partial charge in [-0.05, 0) is 43.5 Å². The molecule has 1 amide bonds. The fourth-order valence-corrected chi connectivity index (χ4v) is 1.71. The smallest absolute Gasteiger partial charge is 0.337 e. The molecule has 0 radical (unpaired) electrons. The van der Waals surface area contributed by atoms with Crippen molar-refractivity contribution in [2.24, 2.45) is 5.92 Å². The van der Waals surface area contributed by atoms with Crippen molar-refractivity contribution in [3.8, 4) is 0 Å². The Morgan fingerprint density at radius 2 is 2.11 bits per heavy atom. The minimum Gasteiger partial charge on any atom is -0.478 e. The first kappa shape index (κ1) is 13.5. The summed E-state index contributed by atoms with van der Waals surface area (Å²) in [6, 6.07) is 3.24. The van der Waals surface area contributed by atoms with Crippen LogP contribution in [-0.4, -0.2) is 30.1 Å². The highest BCUT2D eigenvalue weighted by Crippen LogP contribution is 2.27. The molecule has 6 heteroatoms. The number of rotatable bonds is 6. The van der Waals surface area contributed by atoms with Crippen molar-refractivity contribution in [1.29, 1.82) is 0 Å². The van der Waals surface area contributed by atoms with Gasteiger partial charge in [-0.3, -0.25) is 4.79 Å². The van der Waals surface area contributed by atoms with Crippen LogP contribution in [0.5, 0.6) is 0 Å². The number of carbonyl (C=O) groups is 2. The summed E-state index contributed by atoms with van der Waals surface area (Å²) < 4.78 is 13.0. The number of carbonyl (C=O) groups excluding carboxylic acids is 1. The van der Waals surface area contributed by atoms with Gasteiger partial charge in [-0.15, -0.1) is 0 Å². The van der Waals surface area contributed by atoms with Gasteiger partial charge in [0.05, 0.1) is 17.8 Å². The van der Waals surface area contributed by atoms with Gasteiger partial charge in [-0.1, -0.05) is 0 Å². The maximum Gasteiger partial charge on any atom is 0.337 e. The molecule has 0 saturated heterocycles. The van der Waals surface area contributed by atoms with E-state index in [0.29, 0.717) is 5.92 Å². The predicted molar refractivity (Wildman–Crippen MR) is 67.6 cm³/mol. The summed E-state index contributed by atoms with van der Waals surface area (Å²) in [5, 5.41) is 14.4. The second-order valence-corrected chi connectivity index (χ2v) is 4.62. The van der Waals surface area contributed by atoms with E-state index in [-0.39, 0.29) is 23.7 Å². The molecule has 2 rings (SSSR count). The number of hydrogen-bond donors (Lipinski definition) is 3. The summed E-state index contributed by atoms with van der Waals surface area (Å²) in [5.41, 5.74) is -0.150. The van der Waals surface area contributed by atoms with Gasteiger partial charge in [0.25, 0.3) is 0 Å². The number of anilines is 1. The van der Waals surface area contributed by atoms with Crippen molar-refractivity contribution in [2.75, 3.05) is 18.4 Å². The highest BCUT2D eigenvalue weighted by Gasteiger charge is 2.20. The summed E-state index contributed by atoms with van der Waals surface area (Å²) >= 11 is 0.